The summed E-state index contributed by atoms with van der Waals surface area (Å²) in [5.41, 5.74) is 0.138. The minimum absolute atomic E-state index is 0.138. The molecular formula is C10H9ClN4O3. The molecule has 2 rings (SSSR count). The van der Waals surface area contributed by atoms with Crippen LogP contribution in [0.1, 0.15) is 16.2 Å². The van der Waals surface area contributed by atoms with E-state index >= 15 is 0 Å². The highest BCUT2D eigenvalue weighted by Crippen LogP contribution is 2.09. The largest absolute Gasteiger partial charge is 0.377 e. The van der Waals surface area contributed by atoms with Crippen LogP contribution < -0.4 is 5.32 Å². The number of hydrogen-bond donors (Lipinski definition) is 1. The fourth-order valence-electron chi connectivity index (χ4n) is 1.19. The molecule has 0 bridgehead atoms. The van der Waals surface area contributed by atoms with Crippen molar-refractivity contribution in [3.05, 3.63) is 34.8 Å². The van der Waals surface area contributed by atoms with Crippen LogP contribution in [0.15, 0.2) is 22.7 Å². The zero-order valence-electron chi connectivity index (χ0n) is 9.38. The molecule has 1 N–H and O–H groups in total. The minimum atomic E-state index is -0.447. The molecule has 0 unspecified atom stereocenters. The van der Waals surface area contributed by atoms with E-state index < -0.39 is 5.91 Å². The summed E-state index contributed by atoms with van der Waals surface area (Å²) in [6, 6.07) is 4.54. The first-order valence-corrected chi connectivity index (χ1v) is 5.32. The van der Waals surface area contributed by atoms with Crippen molar-refractivity contribution in [1.82, 2.24) is 15.4 Å². The average molecular weight is 269 g/mol. The highest BCUT2D eigenvalue weighted by molar-refractivity contribution is 6.29. The molecule has 1 amide bonds. The maximum Gasteiger partial charge on any atom is 0.279 e. The van der Waals surface area contributed by atoms with Crippen LogP contribution in [0.4, 0.5) is 5.82 Å². The van der Waals surface area contributed by atoms with Gasteiger partial charge in [0.15, 0.2) is 22.4 Å². The smallest absolute Gasteiger partial charge is 0.279 e. The minimum Gasteiger partial charge on any atom is -0.377 e. The number of anilines is 1. The second-order valence-corrected chi connectivity index (χ2v) is 3.69. The molecule has 0 spiro atoms. The van der Waals surface area contributed by atoms with Crippen molar-refractivity contribution in [2.75, 3.05) is 12.4 Å². The summed E-state index contributed by atoms with van der Waals surface area (Å²) in [6.07, 6.45) is 0. The number of hydrogen-bond acceptors (Lipinski definition) is 6. The molecule has 8 heteroatoms. The van der Waals surface area contributed by atoms with Gasteiger partial charge in [0.25, 0.3) is 5.91 Å². The molecule has 18 heavy (non-hydrogen) atoms. The highest BCUT2D eigenvalue weighted by Gasteiger charge is 2.13. The fourth-order valence-corrected chi connectivity index (χ4v) is 1.29. The van der Waals surface area contributed by atoms with Gasteiger partial charge in [-0.2, -0.15) is 0 Å². The average Bonchev–Trinajstić information content (AvgIpc) is 2.81. The molecule has 0 saturated heterocycles. The predicted molar refractivity (Wildman–Crippen MR) is 62.2 cm³/mol. The molecule has 94 valence electrons. The Bertz CT molecular complexity index is 540. The van der Waals surface area contributed by atoms with E-state index in [9.17, 15) is 4.79 Å². The van der Waals surface area contributed by atoms with Gasteiger partial charge in [0.05, 0.1) is 0 Å². The molecular weight excluding hydrogens is 260 g/mol. The van der Waals surface area contributed by atoms with Crippen LogP contribution in [0, 0.1) is 0 Å². The van der Waals surface area contributed by atoms with Gasteiger partial charge in [-0.1, -0.05) is 16.8 Å². The fraction of sp³-hybridized carbons (Fsp3) is 0.200. The SMILES string of the molecule is COCc1cc(C(=O)Nc2ccc(Cl)nn2)no1. The van der Waals surface area contributed by atoms with Crippen LogP contribution in [0.3, 0.4) is 0 Å². The number of halogens is 1. The molecule has 0 aliphatic rings. The zero-order chi connectivity index (χ0) is 13.0. The Hall–Kier alpha value is -1.99. The molecule has 2 heterocycles. The molecule has 0 saturated carbocycles. The quantitative estimate of drug-likeness (QED) is 0.904. The summed E-state index contributed by atoms with van der Waals surface area (Å²) >= 11 is 5.58. The molecule has 0 fully saturated rings. The Morgan fingerprint density at radius 2 is 2.33 bits per heavy atom. The van der Waals surface area contributed by atoms with Crippen molar-refractivity contribution in [3.63, 3.8) is 0 Å². The van der Waals surface area contributed by atoms with Gasteiger partial charge in [-0.3, -0.25) is 4.79 Å². The number of carbonyl (C=O) groups is 1. The van der Waals surface area contributed by atoms with Gasteiger partial charge < -0.3 is 14.6 Å². The Labute approximate surface area is 107 Å². The zero-order valence-corrected chi connectivity index (χ0v) is 10.1. The Morgan fingerprint density at radius 1 is 1.50 bits per heavy atom. The summed E-state index contributed by atoms with van der Waals surface area (Å²) in [5, 5.41) is 13.6. The number of nitrogens with one attached hydrogen (secondary N) is 1. The normalized spacial score (nSPS) is 10.3. The first-order chi connectivity index (χ1) is 8.69. The summed E-state index contributed by atoms with van der Waals surface area (Å²) < 4.78 is 9.74. The third kappa shape index (κ3) is 3.02. The van der Waals surface area contributed by atoms with E-state index in [4.69, 9.17) is 20.9 Å². The third-order valence-electron chi connectivity index (χ3n) is 1.95. The number of methoxy groups -OCH3 is 1. The van der Waals surface area contributed by atoms with Crippen molar-refractivity contribution in [2.24, 2.45) is 0 Å². The van der Waals surface area contributed by atoms with Crippen LogP contribution in [-0.4, -0.2) is 28.4 Å². The van der Waals surface area contributed by atoms with Crippen molar-refractivity contribution < 1.29 is 14.1 Å². The molecule has 2 aromatic rings. The standard InChI is InChI=1S/C10H9ClN4O3/c1-17-5-6-4-7(15-18-6)10(16)12-9-3-2-8(11)13-14-9/h2-4H,5H2,1H3,(H,12,14,16). The highest BCUT2D eigenvalue weighted by atomic mass is 35.5. The van der Waals surface area contributed by atoms with E-state index in [0.717, 1.165) is 0 Å². The van der Waals surface area contributed by atoms with Crippen LogP contribution in [-0.2, 0) is 11.3 Å². The van der Waals surface area contributed by atoms with E-state index in [-0.39, 0.29) is 23.3 Å². The lowest BCUT2D eigenvalue weighted by Crippen LogP contribution is -2.13. The van der Waals surface area contributed by atoms with Gasteiger partial charge in [0.2, 0.25) is 0 Å². The lowest BCUT2D eigenvalue weighted by atomic mass is 10.3. The van der Waals surface area contributed by atoms with Crippen LogP contribution in [0.25, 0.3) is 0 Å². The van der Waals surface area contributed by atoms with E-state index in [0.29, 0.717) is 5.76 Å². The summed E-state index contributed by atoms with van der Waals surface area (Å²) in [4.78, 5) is 11.7. The second-order valence-electron chi connectivity index (χ2n) is 3.31. The van der Waals surface area contributed by atoms with Gasteiger partial charge in [0.1, 0.15) is 6.61 Å². The summed E-state index contributed by atoms with van der Waals surface area (Å²) in [7, 11) is 1.52. The number of ether oxygens (including phenoxy) is 1. The Morgan fingerprint density at radius 3 is 3.00 bits per heavy atom. The first kappa shape index (κ1) is 12.5. The lowest BCUT2D eigenvalue weighted by Gasteiger charge is -1.99. The van der Waals surface area contributed by atoms with Crippen molar-refractivity contribution >= 4 is 23.3 Å². The maximum absolute atomic E-state index is 11.7. The third-order valence-corrected chi connectivity index (χ3v) is 2.15. The van der Waals surface area contributed by atoms with E-state index in [2.05, 4.69) is 20.7 Å². The maximum atomic E-state index is 11.7. The van der Waals surface area contributed by atoms with Crippen LogP contribution in [0.2, 0.25) is 5.15 Å². The molecule has 0 aliphatic carbocycles. The number of amides is 1. The monoisotopic (exact) mass is 268 g/mol. The van der Waals surface area contributed by atoms with E-state index in [1.54, 1.807) is 0 Å². The number of nitrogens with zero attached hydrogens (tertiary/aromatic N) is 3. The molecule has 0 atom stereocenters. The second kappa shape index (κ2) is 5.56. The van der Waals surface area contributed by atoms with Gasteiger partial charge in [-0.05, 0) is 12.1 Å². The van der Waals surface area contributed by atoms with E-state index in [1.807, 2.05) is 0 Å². The number of rotatable bonds is 4. The predicted octanol–water partition coefficient (Wildman–Crippen LogP) is 1.52. The van der Waals surface area contributed by atoms with Crippen molar-refractivity contribution in [1.29, 1.82) is 0 Å². The number of aromatic nitrogens is 3. The number of carbonyl (C=O) groups excluding carboxylic acids is 1. The molecule has 0 aromatic carbocycles. The summed E-state index contributed by atoms with van der Waals surface area (Å²) in [6.45, 7) is 0.251. The molecule has 2 aromatic heterocycles. The first-order valence-electron chi connectivity index (χ1n) is 4.94. The van der Waals surface area contributed by atoms with Crippen molar-refractivity contribution in [3.8, 4) is 0 Å². The van der Waals surface area contributed by atoms with Crippen molar-refractivity contribution in [2.45, 2.75) is 6.61 Å². The molecule has 0 aliphatic heterocycles. The molecule has 7 nitrogen and oxygen atoms in total. The Kier molecular flexibility index (Phi) is 3.85. The Balaban J connectivity index is 2.04. The van der Waals surface area contributed by atoms with E-state index in [1.165, 1.54) is 25.3 Å². The topological polar surface area (TPSA) is 90.1 Å². The van der Waals surface area contributed by atoms with Gasteiger partial charge in [0, 0.05) is 13.2 Å². The van der Waals surface area contributed by atoms with Gasteiger partial charge in [-0.25, -0.2) is 0 Å². The van der Waals surface area contributed by atoms with Gasteiger partial charge in [-0.15, -0.1) is 10.2 Å². The van der Waals surface area contributed by atoms with Gasteiger partial charge >= 0.3 is 0 Å². The summed E-state index contributed by atoms with van der Waals surface area (Å²) in [5.74, 6) is 0.295. The van der Waals surface area contributed by atoms with Crippen LogP contribution >= 0.6 is 11.6 Å². The lowest BCUT2D eigenvalue weighted by molar-refractivity contribution is 0.101. The molecule has 0 radical (unpaired) electrons. The van der Waals surface area contributed by atoms with Crippen LogP contribution in [0.5, 0.6) is 0 Å².